The number of aliphatic imine (C=N–C) groups is 1. The molecule has 0 fully saturated rings. The fourth-order valence-corrected chi connectivity index (χ4v) is 5.85. The van der Waals surface area contributed by atoms with Gasteiger partial charge < -0.3 is 10.1 Å². The Morgan fingerprint density at radius 2 is 1.82 bits per heavy atom. The SMILES string of the molecule is Cc1ccc2c(c1)[C@@H]1C=CC[C@@H]1[C@@H](c1ccc(N=Cc3cc(Cl)ccc3OCc3ccccc3Cl)cc1)N2. The van der Waals surface area contributed by atoms with Gasteiger partial charge in [0.25, 0.3) is 0 Å². The first-order valence-electron chi connectivity index (χ1n) is 12.9. The number of nitrogens with one attached hydrogen (secondary N) is 1. The summed E-state index contributed by atoms with van der Waals surface area (Å²) < 4.78 is 6.07. The van der Waals surface area contributed by atoms with Crippen molar-refractivity contribution in [2.24, 2.45) is 10.9 Å². The Morgan fingerprint density at radius 1 is 0.974 bits per heavy atom. The van der Waals surface area contributed by atoms with Crippen LogP contribution >= 0.6 is 23.2 Å². The van der Waals surface area contributed by atoms with Gasteiger partial charge in [0.15, 0.2) is 0 Å². The van der Waals surface area contributed by atoms with Gasteiger partial charge in [-0.05, 0) is 72.9 Å². The Morgan fingerprint density at radius 3 is 2.66 bits per heavy atom. The fraction of sp³-hybridized carbons (Fsp3) is 0.182. The van der Waals surface area contributed by atoms with Gasteiger partial charge in [0.2, 0.25) is 0 Å². The van der Waals surface area contributed by atoms with Crippen molar-refractivity contribution in [3.63, 3.8) is 0 Å². The third-order valence-electron chi connectivity index (χ3n) is 7.44. The van der Waals surface area contributed by atoms with E-state index in [4.69, 9.17) is 32.9 Å². The van der Waals surface area contributed by atoms with Gasteiger partial charge in [-0.15, -0.1) is 0 Å². The summed E-state index contributed by atoms with van der Waals surface area (Å²) in [4.78, 5) is 4.73. The van der Waals surface area contributed by atoms with Crippen LogP contribution in [0.15, 0.2) is 102 Å². The average Bonchev–Trinajstić information content (AvgIpc) is 3.43. The van der Waals surface area contributed by atoms with Crippen LogP contribution in [0, 0.1) is 12.8 Å². The lowest BCUT2D eigenvalue weighted by molar-refractivity contribution is 0.306. The van der Waals surface area contributed by atoms with E-state index >= 15 is 0 Å². The zero-order valence-electron chi connectivity index (χ0n) is 21.1. The maximum atomic E-state index is 6.29. The fourth-order valence-electron chi connectivity index (χ4n) is 5.48. The van der Waals surface area contributed by atoms with E-state index in [-0.39, 0.29) is 6.04 Å². The number of nitrogens with zero attached hydrogens (tertiary/aromatic N) is 1. The highest BCUT2D eigenvalue weighted by atomic mass is 35.5. The van der Waals surface area contributed by atoms with Crippen molar-refractivity contribution in [1.82, 2.24) is 0 Å². The van der Waals surface area contributed by atoms with Gasteiger partial charge in [-0.1, -0.05) is 83.4 Å². The molecule has 0 spiro atoms. The van der Waals surface area contributed by atoms with Crippen LogP contribution in [-0.4, -0.2) is 6.21 Å². The number of aryl methyl sites for hydroxylation is 1. The highest BCUT2D eigenvalue weighted by Crippen LogP contribution is 2.50. The summed E-state index contributed by atoms with van der Waals surface area (Å²) in [6.07, 6.45) is 7.60. The van der Waals surface area contributed by atoms with Crippen LogP contribution in [0.1, 0.15) is 46.2 Å². The second-order valence-electron chi connectivity index (χ2n) is 9.98. The van der Waals surface area contributed by atoms with Gasteiger partial charge >= 0.3 is 0 Å². The molecular weight excluding hydrogens is 511 g/mol. The third kappa shape index (κ3) is 5.09. The summed E-state index contributed by atoms with van der Waals surface area (Å²) in [5, 5.41) is 5.13. The van der Waals surface area contributed by atoms with E-state index in [1.165, 1.54) is 22.4 Å². The average molecular weight is 540 g/mol. The lowest BCUT2D eigenvalue weighted by atomic mass is 9.76. The van der Waals surface area contributed by atoms with E-state index in [9.17, 15) is 0 Å². The smallest absolute Gasteiger partial charge is 0.128 e. The van der Waals surface area contributed by atoms with Crippen molar-refractivity contribution in [3.8, 4) is 5.75 Å². The summed E-state index contributed by atoms with van der Waals surface area (Å²) in [5.41, 5.74) is 7.85. The Hall–Kier alpha value is -3.53. The number of rotatable bonds is 6. The first kappa shape index (κ1) is 24.8. The molecule has 1 N–H and O–H groups in total. The molecule has 3 atom stereocenters. The summed E-state index contributed by atoms with van der Waals surface area (Å²) in [6, 6.07) is 28.7. The second-order valence-corrected chi connectivity index (χ2v) is 10.8. The quantitative estimate of drug-likeness (QED) is 0.196. The van der Waals surface area contributed by atoms with Crippen molar-refractivity contribution < 1.29 is 4.74 Å². The van der Waals surface area contributed by atoms with Crippen LogP contribution in [-0.2, 0) is 6.61 Å². The standard InChI is InChI=1S/C33H28Cl2N2O/c1-21-9-15-31-29(17-21)27-6-4-7-28(27)33(37-31)22-10-13-26(14-11-22)36-19-24-18-25(34)12-16-32(24)38-20-23-5-2-3-8-30(23)35/h2-6,8-19,27-28,33,37H,7,20H2,1H3/t27-,28+,33-/m1/s1. The van der Waals surface area contributed by atoms with E-state index in [0.29, 0.717) is 34.2 Å². The molecule has 1 aliphatic carbocycles. The number of anilines is 1. The van der Waals surface area contributed by atoms with Gasteiger partial charge in [-0.3, -0.25) is 4.99 Å². The highest BCUT2D eigenvalue weighted by molar-refractivity contribution is 6.31. The molecular formula is C33H28Cl2N2O. The molecule has 3 nitrogen and oxygen atoms in total. The Kier molecular flexibility index (Phi) is 6.97. The normalized spacial score (nSPS) is 19.7. The Balaban J connectivity index is 1.20. The maximum absolute atomic E-state index is 6.29. The number of fused-ring (bicyclic) bond motifs is 3. The molecule has 0 saturated carbocycles. The summed E-state index contributed by atoms with van der Waals surface area (Å²) in [6.45, 7) is 2.53. The molecule has 2 aliphatic rings. The molecule has 1 aliphatic heterocycles. The predicted octanol–water partition coefficient (Wildman–Crippen LogP) is 9.46. The van der Waals surface area contributed by atoms with Gasteiger partial charge in [-0.25, -0.2) is 0 Å². The summed E-state index contributed by atoms with van der Waals surface area (Å²) in [5.74, 6) is 1.68. The van der Waals surface area contributed by atoms with Crippen molar-refractivity contribution in [2.45, 2.75) is 31.9 Å². The topological polar surface area (TPSA) is 33.6 Å². The minimum Gasteiger partial charge on any atom is -0.488 e. The van der Waals surface area contributed by atoms with Crippen LogP contribution in [0.3, 0.4) is 0 Å². The molecule has 190 valence electrons. The molecule has 0 aromatic heterocycles. The number of hydrogen-bond donors (Lipinski definition) is 1. The zero-order valence-corrected chi connectivity index (χ0v) is 22.6. The summed E-state index contributed by atoms with van der Waals surface area (Å²) >= 11 is 12.6. The number of benzene rings is 4. The van der Waals surface area contributed by atoms with Crippen LogP contribution < -0.4 is 10.1 Å². The first-order chi connectivity index (χ1) is 18.5. The second kappa shape index (κ2) is 10.7. The van der Waals surface area contributed by atoms with Crippen molar-refractivity contribution in [3.05, 3.63) is 135 Å². The zero-order chi connectivity index (χ0) is 26.1. The highest BCUT2D eigenvalue weighted by Gasteiger charge is 2.37. The van der Waals surface area contributed by atoms with Crippen LogP contribution in [0.25, 0.3) is 0 Å². The molecule has 0 unspecified atom stereocenters. The molecule has 4 aromatic rings. The van der Waals surface area contributed by atoms with Crippen LogP contribution in [0.2, 0.25) is 10.0 Å². The van der Waals surface area contributed by atoms with Crippen molar-refractivity contribution >= 4 is 40.8 Å². The van der Waals surface area contributed by atoms with E-state index in [2.05, 4.69) is 66.9 Å². The largest absolute Gasteiger partial charge is 0.488 e. The lowest BCUT2D eigenvalue weighted by Gasteiger charge is -2.37. The van der Waals surface area contributed by atoms with Gasteiger partial charge in [0, 0.05) is 39.0 Å². The van der Waals surface area contributed by atoms with E-state index < -0.39 is 0 Å². The predicted molar refractivity (Wildman–Crippen MR) is 158 cm³/mol. The molecule has 6 rings (SSSR count). The number of ether oxygens (including phenoxy) is 1. The minimum atomic E-state index is 0.265. The van der Waals surface area contributed by atoms with Crippen molar-refractivity contribution in [1.29, 1.82) is 0 Å². The maximum Gasteiger partial charge on any atom is 0.128 e. The number of hydrogen-bond acceptors (Lipinski definition) is 3. The Labute approximate surface area is 233 Å². The molecule has 5 heteroatoms. The number of halogens is 2. The number of allylic oxidation sites excluding steroid dienone is 2. The van der Waals surface area contributed by atoms with Gasteiger partial charge in [-0.2, -0.15) is 0 Å². The molecule has 0 bridgehead atoms. The monoisotopic (exact) mass is 538 g/mol. The van der Waals surface area contributed by atoms with Gasteiger partial charge in [0.1, 0.15) is 12.4 Å². The Bertz CT molecular complexity index is 1530. The van der Waals surface area contributed by atoms with E-state index in [0.717, 1.165) is 23.2 Å². The molecule has 0 radical (unpaired) electrons. The van der Waals surface area contributed by atoms with E-state index in [1.54, 1.807) is 6.21 Å². The van der Waals surface area contributed by atoms with Crippen molar-refractivity contribution in [2.75, 3.05) is 5.32 Å². The molecule has 0 amide bonds. The van der Waals surface area contributed by atoms with Gasteiger partial charge in [0.05, 0.1) is 11.7 Å². The molecule has 1 heterocycles. The molecule has 38 heavy (non-hydrogen) atoms. The van der Waals surface area contributed by atoms with Crippen LogP contribution in [0.5, 0.6) is 5.75 Å². The lowest BCUT2D eigenvalue weighted by Crippen LogP contribution is -2.29. The molecule has 0 saturated heterocycles. The third-order valence-corrected chi connectivity index (χ3v) is 8.04. The van der Waals surface area contributed by atoms with Crippen LogP contribution in [0.4, 0.5) is 11.4 Å². The van der Waals surface area contributed by atoms with E-state index in [1.807, 2.05) is 42.5 Å². The first-order valence-corrected chi connectivity index (χ1v) is 13.6. The minimum absolute atomic E-state index is 0.265. The molecule has 4 aromatic carbocycles. The summed E-state index contributed by atoms with van der Waals surface area (Å²) in [7, 11) is 0.